The van der Waals surface area contributed by atoms with Gasteiger partial charge in [0.05, 0.1) is 0 Å². The summed E-state index contributed by atoms with van der Waals surface area (Å²) in [4.78, 5) is 1.06. The molecule has 0 unspecified atom stereocenters. The number of nitrogens with one attached hydrogen (secondary N) is 1. The molecule has 1 aromatic carbocycles. The van der Waals surface area contributed by atoms with Crippen LogP contribution in [0.15, 0.2) is 34.5 Å². The molecule has 4 nitrogen and oxygen atoms in total. The second-order valence-electron chi connectivity index (χ2n) is 5.09. The Morgan fingerprint density at radius 3 is 2.64 bits per heavy atom. The SMILES string of the molecule is CCc1ccc(S(=O)(=O)NCCOc2cc(C)ccc2C)s1. The monoisotopic (exact) mass is 339 g/mol. The van der Waals surface area contributed by atoms with Crippen LogP contribution in [0.25, 0.3) is 0 Å². The van der Waals surface area contributed by atoms with E-state index in [-0.39, 0.29) is 6.54 Å². The largest absolute Gasteiger partial charge is 0.492 e. The van der Waals surface area contributed by atoms with Crippen LogP contribution in [0.3, 0.4) is 0 Å². The lowest BCUT2D eigenvalue weighted by Crippen LogP contribution is -2.27. The summed E-state index contributed by atoms with van der Waals surface area (Å²) in [7, 11) is -3.43. The van der Waals surface area contributed by atoms with Gasteiger partial charge in [0.1, 0.15) is 16.6 Å². The van der Waals surface area contributed by atoms with Crippen molar-refractivity contribution < 1.29 is 13.2 Å². The highest BCUT2D eigenvalue weighted by molar-refractivity contribution is 7.91. The van der Waals surface area contributed by atoms with Crippen LogP contribution in [-0.4, -0.2) is 21.6 Å². The molecule has 0 bridgehead atoms. The summed E-state index contributed by atoms with van der Waals surface area (Å²) in [6.45, 7) is 6.52. The van der Waals surface area contributed by atoms with E-state index >= 15 is 0 Å². The van der Waals surface area contributed by atoms with E-state index < -0.39 is 10.0 Å². The number of ether oxygens (including phenoxy) is 1. The molecule has 1 aromatic heterocycles. The number of hydrogen-bond donors (Lipinski definition) is 1. The fraction of sp³-hybridized carbons (Fsp3) is 0.375. The topological polar surface area (TPSA) is 55.4 Å². The van der Waals surface area contributed by atoms with Crippen LogP contribution in [0.4, 0.5) is 0 Å². The molecule has 0 saturated heterocycles. The van der Waals surface area contributed by atoms with Crippen molar-refractivity contribution in [1.29, 1.82) is 0 Å². The van der Waals surface area contributed by atoms with Gasteiger partial charge in [-0.1, -0.05) is 19.1 Å². The van der Waals surface area contributed by atoms with Crippen molar-refractivity contribution in [2.45, 2.75) is 31.4 Å². The second kappa shape index (κ2) is 7.26. The number of sulfonamides is 1. The van der Waals surface area contributed by atoms with Gasteiger partial charge in [0.25, 0.3) is 0 Å². The van der Waals surface area contributed by atoms with Gasteiger partial charge in [-0.25, -0.2) is 13.1 Å². The maximum atomic E-state index is 12.1. The Bertz CT molecular complexity index is 736. The first-order valence-electron chi connectivity index (χ1n) is 7.21. The molecule has 0 spiro atoms. The third-order valence-corrected chi connectivity index (χ3v) is 6.43. The van der Waals surface area contributed by atoms with Crippen molar-refractivity contribution in [1.82, 2.24) is 4.72 Å². The Morgan fingerprint density at radius 1 is 1.18 bits per heavy atom. The Hall–Kier alpha value is -1.37. The molecular formula is C16H21NO3S2. The molecule has 0 aliphatic rings. The molecule has 0 fully saturated rings. The molecule has 2 aromatic rings. The van der Waals surface area contributed by atoms with Crippen molar-refractivity contribution >= 4 is 21.4 Å². The minimum atomic E-state index is -3.43. The van der Waals surface area contributed by atoms with Gasteiger partial charge in [0.2, 0.25) is 10.0 Å². The minimum Gasteiger partial charge on any atom is -0.492 e. The zero-order valence-corrected chi connectivity index (χ0v) is 14.7. The summed E-state index contributed by atoms with van der Waals surface area (Å²) in [5.41, 5.74) is 2.16. The van der Waals surface area contributed by atoms with E-state index in [1.165, 1.54) is 11.3 Å². The zero-order valence-electron chi connectivity index (χ0n) is 13.0. The van der Waals surface area contributed by atoms with Crippen LogP contribution >= 0.6 is 11.3 Å². The van der Waals surface area contributed by atoms with Gasteiger partial charge in [0.15, 0.2) is 0 Å². The Labute approximate surface area is 136 Å². The first kappa shape index (κ1) is 17.0. The van der Waals surface area contributed by atoms with E-state index in [0.717, 1.165) is 28.2 Å². The van der Waals surface area contributed by atoms with Gasteiger partial charge in [-0.3, -0.25) is 0 Å². The van der Waals surface area contributed by atoms with Crippen molar-refractivity contribution in [3.05, 3.63) is 46.3 Å². The highest BCUT2D eigenvalue weighted by atomic mass is 32.2. The number of aryl methyl sites for hydroxylation is 3. The number of rotatable bonds is 7. The fourth-order valence-corrected chi connectivity index (χ4v) is 4.32. The molecular weight excluding hydrogens is 318 g/mol. The third-order valence-electron chi connectivity index (χ3n) is 3.25. The predicted octanol–water partition coefficient (Wildman–Crippen LogP) is 3.28. The first-order valence-corrected chi connectivity index (χ1v) is 9.51. The van der Waals surface area contributed by atoms with Gasteiger partial charge in [-0.2, -0.15) is 0 Å². The molecule has 2 rings (SSSR count). The smallest absolute Gasteiger partial charge is 0.250 e. The van der Waals surface area contributed by atoms with Crippen LogP contribution < -0.4 is 9.46 Å². The van der Waals surface area contributed by atoms with Gasteiger partial charge in [-0.05, 0) is 49.6 Å². The van der Waals surface area contributed by atoms with E-state index in [0.29, 0.717) is 10.8 Å². The second-order valence-corrected chi connectivity index (χ2v) is 8.25. The highest BCUT2D eigenvalue weighted by Crippen LogP contribution is 2.22. The average molecular weight is 339 g/mol. The van der Waals surface area contributed by atoms with E-state index in [9.17, 15) is 8.42 Å². The molecule has 0 amide bonds. The highest BCUT2D eigenvalue weighted by Gasteiger charge is 2.15. The summed E-state index contributed by atoms with van der Waals surface area (Å²) in [6, 6.07) is 9.47. The van der Waals surface area contributed by atoms with Crippen LogP contribution in [0.2, 0.25) is 0 Å². The summed E-state index contributed by atoms with van der Waals surface area (Å²) in [5.74, 6) is 0.795. The Morgan fingerprint density at radius 2 is 1.95 bits per heavy atom. The summed E-state index contributed by atoms with van der Waals surface area (Å²) < 4.78 is 32.9. The lowest BCUT2D eigenvalue weighted by Gasteiger charge is -2.10. The van der Waals surface area contributed by atoms with Crippen molar-refractivity contribution in [2.75, 3.05) is 13.2 Å². The van der Waals surface area contributed by atoms with Gasteiger partial charge < -0.3 is 4.74 Å². The van der Waals surface area contributed by atoms with Gasteiger partial charge in [-0.15, -0.1) is 11.3 Å². The molecule has 6 heteroatoms. The van der Waals surface area contributed by atoms with Gasteiger partial charge in [0, 0.05) is 11.4 Å². The average Bonchev–Trinajstić information content (AvgIpc) is 2.97. The quantitative estimate of drug-likeness (QED) is 0.788. The molecule has 0 radical (unpaired) electrons. The molecule has 1 N–H and O–H groups in total. The van der Waals surface area contributed by atoms with E-state index in [1.807, 2.05) is 45.0 Å². The standard InChI is InChI=1S/C16H21NO3S2/c1-4-14-7-8-16(21-14)22(18,19)17-9-10-20-15-11-12(2)5-6-13(15)3/h5-8,11,17H,4,9-10H2,1-3H3. The molecule has 1 heterocycles. The van der Waals surface area contributed by atoms with Crippen LogP contribution in [0.1, 0.15) is 22.9 Å². The fourth-order valence-electron chi connectivity index (χ4n) is 1.96. The van der Waals surface area contributed by atoms with E-state index in [4.69, 9.17) is 4.74 Å². The van der Waals surface area contributed by atoms with E-state index in [1.54, 1.807) is 6.07 Å². The van der Waals surface area contributed by atoms with Crippen LogP contribution in [-0.2, 0) is 16.4 Å². The molecule has 22 heavy (non-hydrogen) atoms. The van der Waals surface area contributed by atoms with Crippen molar-refractivity contribution in [3.63, 3.8) is 0 Å². The molecule has 0 aliphatic carbocycles. The number of benzene rings is 1. The molecule has 0 atom stereocenters. The number of hydrogen-bond acceptors (Lipinski definition) is 4. The van der Waals surface area contributed by atoms with Crippen molar-refractivity contribution in [2.24, 2.45) is 0 Å². The zero-order chi connectivity index (χ0) is 16.2. The molecule has 120 valence electrons. The maximum Gasteiger partial charge on any atom is 0.250 e. The predicted molar refractivity (Wildman–Crippen MR) is 90.3 cm³/mol. The third kappa shape index (κ3) is 4.32. The Balaban J connectivity index is 1.89. The maximum absolute atomic E-state index is 12.1. The van der Waals surface area contributed by atoms with E-state index in [2.05, 4.69) is 4.72 Å². The van der Waals surface area contributed by atoms with Gasteiger partial charge >= 0.3 is 0 Å². The minimum absolute atomic E-state index is 0.245. The number of thiophene rings is 1. The molecule has 0 saturated carbocycles. The first-order chi connectivity index (χ1) is 10.4. The summed E-state index contributed by atoms with van der Waals surface area (Å²) in [6.07, 6.45) is 0.843. The summed E-state index contributed by atoms with van der Waals surface area (Å²) >= 11 is 1.31. The lowest BCUT2D eigenvalue weighted by atomic mass is 10.1. The summed E-state index contributed by atoms with van der Waals surface area (Å²) in [5, 5.41) is 0. The van der Waals surface area contributed by atoms with Crippen molar-refractivity contribution in [3.8, 4) is 5.75 Å². The van der Waals surface area contributed by atoms with Crippen LogP contribution in [0, 0.1) is 13.8 Å². The van der Waals surface area contributed by atoms with Crippen LogP contribution in [0.5, 0.6) is 5.75 Å². The normalized spacial score (nSPS) is 11.6. The molecule has 0 aliphatic heterocycles. The Kier molecular flexibility index (Phi) is 5.61. The lowest BCUT2D eigenvalue weighted by molar-refractivity contribution is 0.320.